The molecule has 1 nitrogen and oxygen atoms in total. The van der Waals surface area contributed by atoms with Crippen LogP contribution in [-0.4, -0.2) is 8.80 Å². The predicted octanol–water partition coefficient (Wildman–Crippen LogP) is 3.72. The average molecular weight is 289 g/mol. The topological polar surface area (TPSA) is 9.23 Å². The van der Waals surface area contributed by atoms with E-state index in [0.717, 1.165) is 11.5 Å². The van der Waals surface area contributed by atoms with Crippen molar-refractivity contribution in [3.05, 3.63) is 84.9 Å². The van der Waals surface area contributed by atoms with Gasteiger partial charge in [0.25, 0.3) is 0 Å². The Morgan fingerprint density at radius 1 is 0.571 bits per heavy atom. The molecule has 0 unspecified atom stereocenters. The molecule has 1 radical (unpaired) electrons. The summed E-state index contributed by atoms with van der Waals surface area (Å²) in [7, 11) is -0.689. The van der Waals surface area contributed by atoms with E-state index in [4.69, 9.17) is 4.74 Å². The Morgan fingerprint density at radius 3 is 1.67 bits per heavy atom. The molecule has 0 aliphatic carbocycles. The molecule has 0 fully saturated rings. The minimum Gasteiger partial charge on any atom is -0.457 e. The zero-order valence-corrected chi connectivity index (χ0v) is 13.0. The number of ether oxygens (including phenoxy) is 1. The van der Waals surface area contributed by atoms with Crippen molar-refractivity contribution in [2.24, 2.45) is 0 Å². The third-order valence-electron chi connectivity index (χ3n) is 3.47. The second kappa shape index (κ2) is 6.42. The Kier molecular flexibility index (Phi) is 4.17. The number of hydrogen-bond acceptors (Lipinski definition) is 1. The largest absolute Gasteiger partial charge is 0.457 e. The summed E-state index contributed by atoms with van der Waals surface area (Å²) in [6.07, 6.45) is 0. The summed E-state index contributed by atoms with van der Waals surface area (Å²) < 4.78 is 5.83. The Labute approximate surface area is 127 Å². The molecule has 21 heavy (non-hydrogen) atoms. The smallest absolute Gasteiger partial charge is 0.127 e. The lowest BCUT2D eigenvalue weighted by Gasteiger charge is -2.11. The first-order chi connectivity index (χ1) is 10.3. The molecule has 0 amide bonds. The van der Waals surface area contributed by atoms with E-state index < -0.39 is 8.80 Å². The quantitative estimate of drug-likeness (QED) is 0.665. The van der Waals surface area contributed by atoms with Crippen molar-refractivity contribution in [1.82, 2.24) is 0 Å². The molecular formula is C19H17OSi. The van der Waals surface area contributed by atoms with Gasteiger partial charge in [0, 0.05) is 0 Å². The first-order valence-corrected chi connectivity index (χ1v) is 9.05. The Balaban J connectivity index is 1.75. The van der Waals surface area contributed by atoms with Gasteiger partial charge in [0.2, 0.25) is 0 Å². The summed E-state index contributed by atoms with van der Waals surface area (Å²) in [5.41, 5.74) is 0. The fourth-order valence-electron chi connectivity index (χ4n) is 2.25. The van der Waals surface area contributed by atoms with Crippen molar-refractivity contribution in [3.8, 4) is 11.5 Å². The van der Waals surface area contributed by atoms with Gasteiger partial charge >= 0.3 is 0 Å². The molecule has 3 aromatic carbocycles. The lowest BCUT2D eigenvalue weighted by atomic mass is 10.3. The van der Waals surface area contributed by atoms with E-state index in [1.165, 1.54) is 10.4 Å². The lowest BCUT2D eigenvalue weighted by molar-refractivity contribution is 0.483. The highest BCUT2D eigenvalue weighted by Gasteiger charge is 2.10. The third-order valence-corrected chi connectivity index (χ3v) is 5.87. The molecule has 0 aromatic heterocycles. The van der Waals surface area contributed by atoms with Gasteiger partial charge in [-0.25, -0.2) is 0 Å². The van der Waals surface area contributed by atoms with Crippen LogP contribution in [0.25, 0.3) is 0 Å². The Hall–Kier alpha value is -2.32. The van der Waals surface area contributed by atoms with Crippen molar-refractivity contribution >= 4 is 19.2 Å². The van der Waals surface area contributed by atoms with Crippen LogP contribution in [0.3, 0.4) is 0 Å². The van der Waals surface area contributed by atoms with E-state index in [-0.39, 0.29) is 0 Å². The summed E-state index contributed by atoms with van der Waals surface area (Å²) in [4.78, 5) is 0. The normalized spacial score (nSPS) is 10.6. The minimum atomic E-state index is -0.689. The van der Waals surface area contributed by atoms with Crippen LogP contribution in [-0.2, 0) is 0 Å². The van der Waals surface area contributed by atoms with Gasteiger partial charge in [-0.1, -0.05) is 77.6 Å². The molecule has 0 aliphatic heterocycles. The van der Waals surface area contributed by atoms with Crippen molar-refractivity contribution in [1.29, 1.82) is 0 Å². The van der Waals surface area contributed by atoms with Crippen LogP contribution in [0, 0.1) is 0 Å². The second-order valence-electron chi connectivity index (χ2n) is 4.93. The van der Waals surface area contributed by atoms with Gasteiger partial charge in [-0.2, -0.15) is 0 Å². The minimum absolute atomic E-state index is 0.689. The highest BCUT2D eigenvalue weighted by molar-refractivity contribution is 6.84. The first-order valence-electron chi connectivity index (χ1n) is 7.05. The van der Waals surface area contributed by atoms with Crippen LogP contribution in [0.1, 0.15) is 0 Å². The molecule has 0 N–H and O–H groups in total. The summed E-state index contributed by atoms with van der Waals surface area (Å²) >= 11 is 0. The Morgan fingerprint density at radius 2 is 1.05 bits per heavy atom. The molecule has 0 heterocycles. The number of rotatable bonds is 4. The van der Waals surface area contributed by atoms with Crippen molar-refractivity contribution in [3.63, 3.8) is 0 Å². The average Bonchev–Trinajstić information content (AvgIpc) is 2.57. The zero-order valence-electron chi connectivity index (χ0n) is 12.0. The molecule has 0 saturated carbocycles. The van der Waals surface area contributed by atoms with Gasteiger partial charge < -0.3 is 4.74 Å². The van der Waals surface area contributed by atoms with E-state index in [1.807, 2.05) is 30.3 Å². The number of benzene rings is 3. The van der Waals surface area contributed by atoms with Crippen molar-refractivity contribution in [2.75, 3.05) is 0 Å². The van der Waals surface area contributed by atoms with Crippen LogP contribution in [0.2, 0.25) is 6.55 Å². The number of para-hydroxylation sites is 1. The molecule has 2 heteroatoms. The van der Waals surface area contributed by atoms with Crippen LogP contribution in [0.5, 0.6) is 11.5 Å². The van der Waals surface area contributed by atoms with Crippen LogP contribution in [0.4, 0.5) is 0 Å². The van der Waals surface area contributed by atoms with E-state index >= 15 is 0 Å². The first kappa shape index (κ1) is 13.7. The van der Waals surface area contributed by atoms with Crippen molar-refractivity contribution in [2.45, 2.75) is 6.55 Å². The second-order valence-corrected chi connectivity index (χ2v) is 7.34. The molecule has 103 valence electrons. The van der Waals surface area contributed by atoms with Gasteiger partial charge in [-0.05, 0) is 24.3 Å². The van der Waals surface area contributed by atoms with Gasteiger partial charge in [0.15, 0.2) is 0 Å². The van der Waals surface area contributed by atoms with Crippen LogP contribution >= 0.6 is 0 Å². The summed E-state index contributed by atoms with van der Waals surface area (Å²) in [5.74, 6) is 1.75. The summed E-state index contributed by atoms with van der Waals surface area (Å²) in [5, 5.41) is 2.82. The van der Waals surface area contributed by atoms with E-state index in [9.17, 15) is 0 Å². The van der Waals surface area contributed by atoms with Crippen molar-refractivity contribution < 1.29 is 4.74 Å². The monoisotopic (exact) mass is 289 g/mol. The molecule has 0 aliphatic rings. The van der Waals surface area contributed by atoms with Gasteiger partial charge in [-0.15, -0.1) is 0 Å². The highest BCUT2D eigenvalue weighted by Crippen LogP contribution is 2.19. The fourth-order valence-corrected chi connectivity index (χ4v) is 3.94. The SMILES string of the molecule is C[Si](c1ccccc1)c1ccc(Oc2ccccc2)cc1. The van der Waals surface area contributed by atoms with Crippen LogP contribution < -0.4 is 15.1 Å². The predicted molar refractivity (Wildman–Crippen MR) is 90.3 cm³/mol. The molecule has 0 saturated heterocycles. The van der Waals surface area contributed by atoms with Gasteiger partial charge in [0.1, 0.15) is 20.3 Å². The van der Waals surface area contributed by atoms with Crippen LogP contribution in [0.15, 0.2) is 84.9 Å². The van der Waals surface area contributed by atoms with Gasteiger partial charge in [-0.3, -0.25) is 0 Å². The molecule has 0 atom stereocenters. The summed E-state index contributed by atoms with van der Waals surface area (Å²) in [6.45, 7) is 2.33. The highest BCUT2D eigenvalue weighted by atomic mass is 28.3. The molecule has 3 rings (SSSR count). The standard InChI is InChI=1S/C19H17OSi/c1-21(18-10-6-3-7-11-18)19-14-12-17(13-15-19)20-16-8-4-2-5-9-16/h2-15H,1H3. The molecule has 3 aromatic rings. The number of hydrogen-bond donors (Lipinski definition) is 0. The fraction of sp³-hybridized carbons (Fsp3) is 0.0526. The Bertz CT molecular complexity index is 678. The van der Waals surface area contributed by atoms with Gasteiger partial charge in [0.05, 0.1) is 0 Å². The molecule has 0 bridgehead atoms. The zero-order chi connectivity index (χ0) is 14.5. The maximum atomic E-state index is 5.83. The van der Waals surface area contributed by atoms with E-state index in [2.05, 4.69) is 61.1 Å². The maximum Gasteiger partial charge on any atom is 0.127 e. The van der Waals surface area contributed by atoms with E-state index in [1.54, 1.807) is 0 Å². The molecule has 0 spiro atoms. The summed E-state index contributed by atoms with van der Waals surface area (Å²) in [6, 6.07) is 29.0. The lowest BCUT2D eigenvalue weighted by Crippen LogP contribution is -2.38. The molecular weight excluding hydrogens is 272 g/mol. The maximum absolute atomic E-state index is 5.83. The third kappa shape index (κ3) is 3.41. The van der Waals surface area contributed by atoms with E-state index in [0.29, 0.717) is 0 Å².